The number of methoxy groups -OCH3 is 1. The Hall–Kier alpha value is -2.04. The molecule has 4 nitrogen and oxygen atoms in total. The van der Waals surface area contributed by atoms with Gasteiger partial charge in [0.05, 0.1) is 12.8 Å². The third-order valence-corrected chi connectivity index (χ3v) is 5.57. The molecule has 0 bridgehead atoms. The second-order valence-electron chi connectivity index (χ2n) is 6.83. The number of hydrogen-bond acceptors (Lipinski definition) is 4. The zero-order valence-electron chi connectivity index (χ0n) is 14.0. The van der Waals surface area contributed by atoms with Gasteiger partial charge in [0.15, 0.2) is 0 Å². The van der Waals surface area contributed by atoms with Crippen LogP contribution in [0.4, 0.5) is 5.69 Å². The van der Waals surface area contributed by atoms with Gasteiger partial charge in [-0.15, -0.1) is 0 Å². The summed E-state index contributed by atoms with van der Waals surface area (Å²) in [5.74, 6) is 1.18. The quantitative estimate of drug-likeness (QED) is 0.852. The smallest absolute Gasteiger partial charge is 0.141 e. The van der Waals surface area contributed by atoms with E-state index < -0.39 is 6.23 Å². The zero-order chi connectivity index (χ0) is 16.7. The van der Waals surface area contributed by atoms with Crippen LogP contribution in [0, 0.1) is 0 Å². The van der Waals surface area contributed by atoms with Gasteiger partial charge in [-0.2, -0.15) is 0 Å². The molecule has 4 heteroatoms. The average Bonchev–Trinajstić information content (AvgIpc) is 2.99. The molecule has 2 aromatic rings. The highest BCUT2D eigenvalue weighted by atomic mass is 16.5. The highest BCUT2D eigenvalue weighted by Crippen LogP contribution is 2.44. The third-order valence-electron chi connectivity index (χ3n) is 5.57. The summed E-state index contributed by atoms with van der Waals surface area (Å²) >= 11 is 0. The number of nitrogens with zero attached hydrogens (tertiary/aromatic N) is 1. The number of benzene rings is 2. The van der Waals surface area contributed by atoms with Crippen LogP contribution in [0.3, 0.4) is 0 Å². The second kappa shape index (κ2) is 6.11. The van der Waals surface area contributed by atoms with Crippen LogP contribution < -0.4 is 10.5 Å². The van der Waals surface area contributed by atoms with Gasteiger partial charge in [0.1, 0.15) is 12.0 Å². The van der Waals surface area contributed by atoms with Gasteiger partial charge in [-0.25, -0.2) is 0 Å². The number of aliphatic hydroxyl groups is 1. The van der Waals surface area contributed by atoms with Crippen LogP contribution in [-0.2, 0) is 6.42 Å². The summed E-state index contributed by atoms with van der Waals surface area (Å²) in [6.45, 7) is 0.919. The molecule has 126 valence electrons. The highest BCUT2D eigenvalue weighted by molar-refractivity contribution is 5.54. The van der Waals surface area contributed by atoms with Crippen molar-refractivity contribution in [3.8, 4) is 5.75 Å². The number of anilines is 1. The lowest BCUT2D eigenvalue weighted by Crippen LogP contribution is -2.44. The molecule has 0 radical (unpaired) electrons. The molecule has 1 aliphatic carbocycles. The molecule has 4 rings (SSSR count). The summed E-state index contributed by atoms with van der Waals surface area (Å²) in [6.07, 6.45) is 2.71. The fourth-order valence-corrected chi connectivity index (χ4v) is 4.42. The molecule has 1 aliphatic heterocycles. The van der Waals surface area contributed by atoms with Crippen LogP contribution in [0.25, 0.3) is 0 Å². The number of ether oxygens (including phenoxy) is 1. The van der Waals surface area contributed by atoms with Gasteiger partial charge in [-0.05, 0) is 48.1 Å². The molecule has 0 saturated carbocycles. The average molecular weight is 324 g/mol. The summed E-state index contributed by atoms with van der Waals surface area (Å²) in [5.41, 5.74) is 10.3. The van der Waals surface area contributed by atoms with Crippen LogP contribution in [0.1, 0.15) is 41.7 Å². The Morgan fingerprint density at radius 2 is 2.08 bits per heavy atom. The van der Waals surface area contributed by atoms with Gasteiger partial charge < -0.3 is 15.6 Å². The minimum absolute atomic E-state index is 0.370. The molecule has 2 aromatic carbocycles. The van der Waals surface area contributed by atoms with Gasteiger partial charge in [0.25, 0.3) is 0 Å². The standard InChI is InChI=1S/C20H24N2O2/c1-24-19-9-8-14(11-17(19)21)20(23)22-10-4-7-16-15-6-3-2-5-13(15)12-18(16)22/h2-3,5-6,8-9,11,16,18,20,23H,4,7,10,12,21H2,1H3. The molecule has 1 heterocycles. The van der Waals surface area contributed by atoms with E-state index in [1.54, 1.807) is 7.11 Å². The first kappa shape index (κ1) is 15.5. The van der Waals surface area contributed by atoms with E-state index in [1.807, 2.05) is 18.2 Å². The van der Waals surface area contributed by atoms with Crippen molar-refractivity contribution in [2.75, 3.05) is 19.4 Å². The number of aliphatic hydroxyl groups excluding tert-OH is 1. The second-order valence-corrected chi connectivity index (χ2v) is 6.83. The minimum atomic E-state index is -0.625. The van der Waals surface area contributed by atoms with E-state index in [0.717, 1.165) is 24.9 Å². The maximum atomic E-state index is 11.0. The molecule has 1 saturated heterocycles. The van der Waals surface area contributed by atoms with Crippen molar-refractivity contribution in [3.63, 3.8) is 0 Å². The number of nitrogen functional groups attached to an aromatic ring is 1. The van der Waals surface area contributed by atoms with Crippen LogP contribution >= 0.6 is 0 Å². The predicted molar refractivity (Wildman–Crippen MR) is 95.0 cm³/mol. The summed E-state index contributed by atoms with van der Waals surface area (Å²) in [7, 11) is 1.60. The topological polar surface area (TPSA) is 58.7 Å². The molecule has 3 atom stereocenters. The fourth-order valence-electron chi connectivity index (χ4n) is 4.42. The van der Waals surface area contributed by atoms with E-state index in [4.69, 9.17) is 10.5 Å². The van der Waals surface area contributed by atoms with Crippen molar-refractivity contribution in [2.45, 2.75) is 37.5 Å². The number of hydrogen-bond donors (Lipinski definition) is 2. The number of piperidine rings is 1. The van der Waals surface area contributed by atoms with Crippen molar-refractivity contribution < 1.29 is 9.84 Å². The lowest BCUT2D eigenvalue weighted by atomic mass is 9.88. The van der Waals surface area contributed by atoms with Gasteiger partial charge in [-0.1, -0.05) is 30.3 Å². The van der Waals surface area contributed by atoms with E-state index >= 15 is 0 Å². The molecular formula is C20H24N2O2. The Bertz CT molecular complexity index is 746. The van der Waals surface area contributed by atoms with Gasteiger partial charge in [0.2, 0.25) is 0 Å². The Balaban J connectivity index is 1.61. The minimum Gasteiger partial charge on any atom is -0.495 e. The molecule has 3 N–H and O–H groups in total. The van der Waals surface area contributed by atoms with E-state index in [9.17, 15) is 5.11 Å². The maximum absolute atomic E-state index is 11.0. The van der Waals surface area contributed by atoms with Gasteiger partial charge in [-0.3, -0.25) is 4.90 Å². The number of rotatable bonds is 3. The maximum Gasteiger partial charge on any atom is 0.141 e. The van der Waals surface area contributed by atoms with Gasteiger partial charge in [0, 0.05) is 18.5 Å². The first-order valence-corrected chi connectivity index (χ1v) is 8.64. The van der Waals surface area contributed by atoms with Crippen LogP contribution in [0.5, 0.6) is 5.75 Å². The Kier molecular flexibility index (Phi) is 3.94. The van der Waals surface area contributed by atoms with E-state index in [0.29, 0.717) is 23.4 Å². The molecule has 24 heavy (non-hydrogen) atoms. The van der Waals surface area contributed by atoms with Crippen LogP contribution in [0.2, 0.25) is 0 Å². The van der Waals surface area contributed by atoms with Crippen LogP contribution in [0.15, 0.2) is 42.5 Å². The molecule has 0 amide bonds. The molecule has 0 spiro atoms. The summed E-state index contributed by atoms with van der Waals surface area (Å²) < 4.78 is 5.22. The predicted octanol–water partition coefficient (Wildman–Crippen LogP) is 3.07. The summed E-state index contributed by atoms with van der Waals surface area (Å²) in [4.78, 5) is 2.25. The fraction of sp³-hybridized carbons (Fsp3) is 0.400. The Labute approximate surface area is 142 Å². The van der Waals surface area contributed by atoms with Gasteiger partial charge >= 0.3 is 0 Å². The lowest BCUT2D eigenvalue weighted by molar-refractivity contribution is -0.0464. The van der Waals surface area contributed by atoms with Crippen molar-refractivity contribution in [1.29, 1.82) is 0 Å². The molecule has 1 fully saturated rings. The Morgan fingerprint density at radius 3 is 2.88 bits per heavy atom. The number of likely N-dealkylation sites (tertiary alicyclic amines) is 1. The zero-order valence-corrected chi connectivity index (χ0v) is 14.0. The van der Waals surface area contributed by atoms with E-state index in [-0.39, 0.29) is 0 Å². The third kappa shape index (κ3) is 2.46. The SMILES string of the molecule is COc1ccc(C(O)N2CCCC3c4ccccc4CC32)cc1N. The summed E-state index contributed by atoms with van der Waals surface area (Å²) in [6, 6.07) is 14.7. The van der Waals surface area contributed by atoms with Crippen LogP contribution in [-0.4, -0.2) is 29.7 Å². The molecular weight excluding hydrogens is 300 g/mol. The normalized spacial score (nSPS) is 24.2. The first-order chi connectivity index (χ1) is 11.7. The Morgan fingerprint density at radius 1 is 1.25 bits per heavy atom. The van der Waals surface area contributed by atoms with Crippen molar-refractivity contribution >= 4 is 5.69 Å². The molecule has 2 aliphatic rings. The number of fused-ring (bicyclic) bond motifs is 3. The molecule has 3 unspecified atom stereocenters. The molecule has 0 aromatic heterocycles. The summed E-state index contributed by atoms with van der Waals surface area (Å²) in [5, 5.41) is 11.0. The first-order valence-electron chi connectivity index (χ1n) is 8.64. The van der Waals surface area contributed by atoms with E-state index in [2.05, 4.69) is 29.2 Å². The highest BCUT2D eigenvalue weighted by Gasteiger charge is 2.41. The van der Waals surface area contributed by atoms with Crippen molar-refractivity contribution in [3.05, 3.63) is 59.2 Å². The van der Waals surface area contributed by atoms with Crippen molar-refractivity contribution in [2.24, 2.45) is 0 Å². The van der Waals surface area contributed by atoms with E-state index in [1.165, 1.54) is 17.5 Å². The largest absolute Gasteiger partial charge is 0.495 e. The number of nitrogens with two attached hydrogens (primary N) is 1. The van der Waals surface area contributed by atoms with Crippen molar-refractivity contribution in [1.82, 2.24) is 4.90 Å². The monoisotopic (exact) mass is 324 g/mol. The lowest BCUT2D eigenvalue weighted by Gasteiger charge is -2.41.